The van der Waals surface area contributed by atoms with Crippen LogP contribution in [-0.4, -0.2) is 38.4 Å². The lowest BCUT2D eigenvalue weighted by Gasteiger charge is -2.45. The van der Waals surface area contributed by atoms with Crippen molar-refractivity contribution in [3.05, 3.63) is 18.0 Å². The quantitative estimate of drug-likeness (QED) is 0.787. The van der Waals surface area contributed by atoms with Crippen LogP contribution in [0.25, 0.3) is 0 Å². The van der Waals surface area contributed by atoms with E-state index in [1.54, 1.807) is 6.20 Å². The lowest BCUT2D eigenvalue weighted by atomic mass is 9.82. The minimum Gasteiger partial charge on any atom is -0.386 e. The highest BCUT2D eigenvalue weighted by atomic mass is 16.3. The standard InChI is InChI=1S/C15H29N3O/c1-6-15(7-2,17(8-3)9-4)14(19)13-11-16-18(10-5)12-13/h11-12,14,19H,6-10H2,1-5H3. The van der Waals surface area contributed by atoms with Crippen LogP contribution in [0.4, 0.5) is 0 Å². The minimum absolute atomic E-state index is 0.189. The van der Waals surface area contributed by atoms with Gasteiger partial charge in [0.05, 0.1) is 11.7 Å². The molecule has 19 heavy (non-hydrogen) atoms. The van der Waals surface area contributed by atoms with Crippen molar-refractivity contribution in [3.63, 3.8) is 0 Å². The first-order valence-corrected chi connectivity index (χ1v) is 7.54. The molecule has 1 aromatic rings. The molecule has 4 nitrogen and oxygen atoms in total. The fourth-order valence-corrected chi connectivity index (χ4v) is 3.11. The largest absolute Gasteiger partial charge is 0.386 e. The normalized spacial score (nSPS) is 14.1. The molecule has 0 aliphatic carbocycles. The number of likely N-dealkylation sites (N-methyl/N-ethyl adjacent to an activating group) is 1. The molecule has 0 spiro atoms. The number of rotatable bonds is 8. The van der Waals surface area contributed by atoms with E-state index in [4.69, 9.17) is 0 Å². The van der Waals surface area contributed by atoms with E-state index in [0.29, 0.717) is 0 Å². The summed E-state index contributed by atoms with van der Waals surface area (Å²) in [4.78, 5) is 2.38. The Hall–Kier alpha value is -0.870. The Bertz CT molecular complexity index is 367. The molecule has 1 unspecified atom stereocenters. The van der Waals surface area contributed by atoms with Gasteiger partial charge in [0, 0.05) is 18.3 Å². The van der Waals surface area contributed by atoms with Crippen LogP contribution in [0.1, 0.15) is 59.1 Å². The van der Waals surface area contributed by atoms with E-state index >= 15 is 0 Å². The molecule has 0 amide bonds. The summed E-state index contributed by atoms with van der Waals surface area (Å²) in [7, 11) is 0. The highest BCUT2D eigenvalue weighted by Gasteiger charge is 2.40. The number of aliphatic hydroxyl groups excluding tert-OH is 1. The second-order valence-corrected chi connectivity index (χ2v) is 5.01. The molecular formula is C15H29N3O. The van der Waals surface area contributed by atoms with Crippen molar-refractivity contribution in [1.29, 1.82) is 0 Å². The zero-order valence-electron chi connectivity index (χ0n) is 13.1. The summed E-state index contributed by atoms with van der Waals surface area (Å²) in [5.41, 5.74) is 0.739. The van der Waals surface area contributed by atoms with Crippen molar-refractivity contribution in [2.75, 3.05) is 13.1 Å². The van der Waals surface area contributed by atoms with Gasteiger partial charge in [0.25, 0.3) is 0 Å². The Labute approximate surface area is 117 Å². The van der Waals surface area contributed by atoms with Crippen LogP contribution < -0.4 is 0 Å². The van der Waals surface area contributed by atoms with Crippen molar-refractivity contribution in [2.24, 2.45) is 0 Å². The zero-order valence-corrected chi connectivity index (χ0v) is 13.1. The van der Waals surface area contributed by atoms with Crippen LogP contribution >= 0.6 is 0 Å². The molecule has 0 aromatic carbocycles. The third-order valence-corrected chi connectivity index (χ3v) is 4.42. The molecule has 1 atom stereocenters. The van der Waals surface area contributed by atoms with E-state index < -0.39 is 6.10 Å². The van der Waals surface area contributed by atoms with E-state index in [2.05, 4.69) is 44.6 Å². The first kappa shape index (κ1) is 16.2. The van der Waals surface area contributed by atoms with Gasteiger partial charge < -0.3 is 5.11 Å². The van der Waals surface area contributed by atoms with Gasteiger partial charge in [0.1, 0.15) is 6.10 Å². The summed E-state index contributed by atoms with van der Waals surface area (Å²) < 4.78 is 1.87. The summed E-state index contributed by atoms with van der Waals surface area (Å²) in [6.45, 7) is 13.4. The third-order valence-electron chi connectivity index (χ3n) is 4.42. The first-order valence-electron chi connectivity index (χ1n) is 7.54. The maximum Gasteiger partial charge on any atom is 0.100 e. The lowest BCUT2D eigenvalue weighted by Crippen LogP contribution is -2.52. The summed E-state index contributed by atoms with van der Waals surface area (Å²) in [6.07, 6.45) is 5.15. The predicted molar refractivity (Wildman–Crippen MR) is 79.1 cm³/mol. The molecule has 0 saturated heterocycles. The van der Waals surface area contributed by atoms with Gasteiger partial charge in [-0.25, -0.2) is 0 Å². The molecule has 0 fully saturated rings. The van der Waals surface area contributed by atoms with E-state index in [1.807, 2.05) is 10.9 Å². The molecule has 0 saturated carbocycles. The molecular weight excluding hydrogens is 238 g/mol. The smallest absolute Gasteiger partial charge is 0.100 e. The monoisotopic (exact) mass is 267 g/mol. The second kappa shape index (κ2) is 7.06. The molecule has 0 radical (unpaired) electrons. The Morgan fingerprint density at radius 1 is 1.21 bits per heavy atom. The summed E-state index contributed by atoms with van der Waals surface area (Å²) in [5, 5.41) is 15.2. The molecule has 0 aliphatic heterocycles. The van der Waals surface area contributed by atoms with E-state index in [-0.39, 0.29) is 5.54 Å². The van der Waals surface area contributed by atoms with Crippen molar-refractivity contribution < 1.29 is 5.11 Å². The van der Waals surface area contributed by atoms with Gasteiger partial charge >= 0.3 is 0 Å². The van der Waals surface area contributed by atoms with Gasteiger partial charge in [-0.15, -0.1) is 0 Å². The van der Waals surface area contributed by atoms with Crippen LogP contribution in [0.5, 0.6) is 0 Å². The summed E-state index contributed by atoms with van der Waals surface area (Å²) in [6, 6.07) is 0. The van der Waals surface area contributed by atoms with Crippen molar-refractivity contribution in [2.45, 2.75) is 65.6 Å². The van der Waals surface area contributed by atoms with E-state index in [9.17, 15) is 5.11 Å². The Morgan fingerprint density at radius 3 is 2.16 bits per heavy atom. The van der Waals surface area contributed by atoms with Crippen LogP contribution in [0, 0.1) is 0 Å². The second-order valence-electron chi connectivity index (χ2n) is 5.01. The van der Waals surface area contributed by atoms with Crippen LogP contribution in [-0.2, 0) is 6.54 Å². The van der Waals surface area contributed by atoms with Gasteiger partial charge in [-0.3, -0.25) is 9.58 Å². The van der Waals surface area contributed by atoms with Gasteiger partial charge in [0.2, 0.25) is 0 Å². The maximum atomic E-state index is 10.9. The highest BCUT2D eigenvalue weighted by Crippen LogP contribution is 2.37. The van der Waals surface area contributed by atoms with Crippen LogP contribution in [0.15, 0.2) is 12.4 Å². The molecule has 1 N–H and O–H groups in total. The van der Waals surface area contributed by atoms with Crippen molar-refractivity contribution in [3.8, 4) is 0 Å². The van der Waals surface area contributed by atoms with Gasteiger partial charge in [-0.05, 0) is 32.9 Å². The number of aliphatic hydroxyl groups is 1. The topological polar surface area (TPSA) is 41.3 Å². The molecule has 1 rings (SSSR count). The number of hydrogen-bond acceptors (Lipinski definition) is 3. The summed E-state index contributed by atoms with van der Waals surface area (Å²) in [5.74, 6) is 0. The summed E-state index contributed by atoms with van der Waals surface area (Å²) >= 11 is 0. The molecule has 0 bridgehead atoms. The molecule has 1 heterocycles. The average Bonchev–Trinajstić information content (AvgIpc) is 2.93. The molecule has 0 aliphatic rings. The highest BCUT2D eigenvalue weighted by molar-refractivity contribution is 5.15. The Kier molecular flexibility index (Phi) is 6.01. The average molecular weight is 267 g/mol. The zero-order chi connectivity index (χ0) is 14.5. The number of aromatic nitrogens is 2. The first-order chi connectivity index (χ1) is 9.09. The van der Waals surface area contributed by atoms with Gasteiger partial charge in [-0.2, -0.15) is 5.10 Å². The third kappa shape index (κ3) is 3.00. The maximum absolute atomic E-state index is 10.9. The number of nitrogens with zero attached hydrogens (tertiary/aromatic N) is 3. The fraction of sp³-hybridized carbons (Fsp3) is 0.800. The lowest BCUT2D eigenvalue weighted by molar-refractivity contribution is -0.0366. The van der Waals surface area contributed by atoms with Crippen LogP contribution in [0.3, 0.4) is 0 Å². The van der Waals surface area contributed by atoms with E-state index in [1.165, 1.54) is 0 Å². The molecule has 1 aromatic heterocycles. The van der Waals surface area contributed by atoms with Crippen molar-refractivity contribution in [1.82, 2.24) is 14.7 Å². The van der Waals surface area contributed by atoms with Gasteiger partial charge in [0.15, 0.2) is 0 Å². The fourth-order valence-electron chi connectivity index (χ4n) is 3.11. The molecule has 110 valence electrons. The number of aryl methyl sites for hydroxylation is 1. The SMILES string of the molecule is CCN(CC)C(CC)(CC)C(O)c1cnn(CC)c1. The minimum atomic E-state index is -0.484. The van der Waals surface area contributed by atoms with Gasteiger partial charge in [-0.1, -0.05) is 27.7 Å². The number of hydrogen-bond donors (Lipinski definition) is 1. The van der Waals surface area contributed by atoms with Crippen LogP contribution in [0.2, 0.25) is 0 Å². The van der Waals surface area contributed by atoms with E-state index in [0.717, 1.165) is 38.0 Å². The Morgan fingerprint density at radius 2 is 1.79 bits per heavy atom. The molecule has 4 heteroatoms. The predicted octanol–water partition coefficient (Wildman–Crippen LogP) is 2.84. The Balaban J connectivity index is 3.09. The van der Waals surface area contributed by atoms with Crippen molar-refractivity contribution >= 4 is 0 Å².